The molecule has 0 fully saturated rings. The Morgan fingerprint density at radius 2 is 1.62 bits per heavy atom. The van der Waals surface area contributed by atoms with Gasteiger partial charge in [0.25, 0.3) is 11.8 Å². The topological polar surface area (TPSA) is 91.7 Å². The van der Waals surface area contributed by atoms with E-state index >= 15 is 0 Å². The number of quaternary nitrogens is 1. The fourth-order valence-electron chi connectivity index (χ4n) is 1.92. The van der Waals surface area contributed by atoms with Crippen molar-refractivity contribution in [2.45, 2.75) is 13.3 Å². The maximum Gasteiger partial charge on any atom is 0.279 e. The normalized spacial score (nSPS) is 11.5. The van der Waals surface area contributed by atoms with Crippen LogP contribution in [0.25, 0.3) is 0 Å². The van der Waals surface area contributed by atoms with Crippen molar-refractivity contribution in [3.8, 4) is 0 Å². The average Bonchev–Trinajstić information content (AvgIpc) is 2.52. The molecule has 1 rings (SSSR count). The quantitative estimate of drug-likeness (QED) is 0.478. The van der Waals surface area contributed by atoms with E-state index in [2.05, 4.69) is 16.0 Å². The van der Waals surface area contributed by atoms with E-state index < -0.39 is 0 Å². The summed E-state index contributed by atoms with van der Waals surface area (Å²) in [5.41, 5.74) is 0.647. The number of halogens is 1. The fraction of sp³-hybridized carbons (Fsp3) is 0.438. The average molecular weight is 356 g/mol. The Kier molecular flexibility index (Phi) is 8.81. The number of likely N-dealkylation sites (N-methyl/N-ethyl adjacent to an activating group) is 1. The van der Waals surface area contributed by atoms with Crippen molar-refractivity contribution >= 4 is 35.0 Å². The van der Waals surface area contributed by atoms with Gasteiger partial charge in [0.15, 0.2) is 13.1 Å². The first-order chi connectivity index (χ1) is 11.4. The number of carbonyl (C=O) groups excluding carboxylic acids is 3. The highest BCUT2D eigenvalue weighted by Gasteiger charge is 2.14. The first kappa shape index (κ1) is 19.9. The Morgan fingerprint density at radius 1 is 1.00 bits per heavy atom. The third kappa shape index (κ3) is 8.50. The lowest BCUT2D eigenvalue weighted by molar-refractivity contribution is -0.862. The maximum atomic E-state index is 11.9. The number of amides is 3. The smallest absolute Gasteiger partial charge is 0.279 e. The Bertz CT molecular complexity index is 563. The zero-order chi connectivity index (χ0) is 17.9. The van der Waals surface area contributed by atoms with Crippen LogP contribution in [0.3, 0.4) is 0 Å². The number of hydrogen-bond acceptors (Lipinski definition) is 3. The van der Waals surface area contributed by atoms with Crippen molar-refractivity contribution in [1.82, 2.24) is 10.6 Å². The molecule has 0 saturated heterocycles. The SMILES string of the molecule is CCCNC(=O)CNC(=O)C[NH+](C)CC(=O)Nc1ccc(Cl)cc1. The second-order valence-corrected chi connectivity index (χ2v) is 5.93. The van der Waals surface area contributed by atoms with Crippen molar-refractivity contribution in [3.05, 3.63) is 29.3 Å². The lowest BCUT2D eigenvalue weighted by Gasteiger charge is -2.13. The molecule has 4 N–H and O–H groups in total. The van der Waals surface area contributed by atoms with Crippen LogP contribution in [0.2, 0.25) is 5.02 Å². The zero-order valence-corrected chi connectivity index (χ0v) is 14.7. The number of anilines is 1. The van der Waals surface area contributed by atoms with Crippen molar-refractivity contribution in [3.63, 3.8) is 0 Å². The Morgan fingerprint density at radius 3 is 2.25 bits per heavy atom. The molecule has 24 heavy (non-hydrogen) atoms. The second-order valence-electron chi connectivity index (χ2n) is 5.49. The van der Waals surface area contributed by atoms with Crippen molar-refractivity contribution in [1.29, 1.82) is 0 Å². The molecule has 0 bridgehead atoms. The van der Waals surface area contributed by atoms with E-state index in [9.17, 15) is 14.4 Å². The van der Waals surface area contributed by atoms with E-state index in [1.165, 1.54) is 0 Å². The first-order valence-electron chi connectivity index (χ1n) is 7.80. The minimum Gasteiger partial charge on any atom is -0.355 e. The number of rotatable bonds is 9. The molecular weight excluding hydrogens is 332 g/mol. The van der Waals surface area contributed by atoms with Crippen LogP contribution in [-0.2, 0) is 14.4 Å². The molecule has 7 nitrogen and oxygen atoms in total. The number of carbonyl (C=O) groups is 3. The summed E-state index contributed by atoms with van der Waals surface area (Å²) in [5, 5.41) is 8.53. The van der Waals surface area contributed by atoms with E-state index in [-0.39, 0.29) is 37.4 Å². The summed E-state index contributed by atoms with van der Waals surface area (Å²) in [6, 6.07) is 6.78. The van der Waals surface area contributed by atoms with Gasteiger partial charge in [0.2, 0.25) is 5.91 Å². The van der Waals surface area contributed by atoms with Crippen LogP contribution in [-0.4, -0.2) is 50.9 Å². The highest BCUT2D eigenvalue weighted by molar-refractivity contribution is 6.30. The Hall–Kier alpha value is -2.12. The van der Waals surface area contributed by atoms with Crippen LogP contribution in [0.4, 0.5) is 5.69 Å². The molecule has 0 aromatic heterocycles. The second kappa shape index (κ2) is 10.6. The molecule has 0 aliphatic rings. The van der Waals surface area contributed by atoms with E-state index in [1.807, 2.05) is 6.92 Å². The van der Waals surface area contributed by atoms with Crippen molar-refractivity contribution in [2.24, 2.45) is 0 Å². The van der Waals surface area contributed by atoms with Crippen LogP contribution in [0.1, 0.15) is 13.3 Å². The van der Waals surface area contributed by atoms with Gasteiger partial charge in [-0.1, -0.05) is 18.5 Å². The van der Waals surface area contributed by atoms with Crippen LogP contribution < -0.4 is 20.9 Å². The number of nitrogens with one attached hydrogen (secondary N) is 4. The van der Waals surface area contributed by atoms with Gasteiger partial charge in [0, 0.05) is 17.3 Å². The maximum absolute atomic E-state index is 11.9. The Balaban J connectivity index is 2.27. The molecule has 0 aliphatic carbocycles. The van der Waals surface area contributed by atoms with E-state index in [1.54, 1.807) is 31.3 Å². The molecule has 8 heteroatoms. The molecule has 0 aliphatic heterocycles. The number of benzene rings is 1. The molecule has 1 aromatic carbocycles. The molecule has 1 atom stereocenters. The van der Waals surface area contributed by atoms with Crippen LogP contribution in [0, 0.1) is 0 Å². The minimum absolute atomic E-state index is 0.0525. The summed E-state index contributed by atoms with van der Waals surface area (Å²) in [6.07, 6.45) is 0.843. The predicted octanol–water partition coefficient (Wildman–Crippen LogP) is -0.564. The third-order valence-corrected chi connectivity index (χ3v) is 3.32. The molecular formula is C16H24ClN4O3+. The summed E-state index contributed by atoms with van der Waals surface area (Å²) in [7, 11) is 1.73. The van der Waals surface area contributed by atoms with Gasteiger partial charge in [0.1, 0.15) is 0 Å². The van der Waals surface area contributed by atoms with Gasteiger partial charge in [-0.05, 0) is 30.7 Å². The van der Waals surface area contributed by atoms with Crippen molar-refractivity contribution in [2.75, 3.05) is 38.5 Å². The molecule has 0 saturated carbocycles. The third-order valence-electron chi connectivity index (χ3n) is 3.07. The van der Waals surface area contributed by atoms with Gasteiger partial charge in [-0.15, -0.1) is 0 Å². The van der Waals surface area contributed by atoms with E-state index in [0.29, 0.717) is 22.2 Å². The highest BCUT2D eigenvalue weighted by atomic mass is 35.5. The molecule has 132 valence electrons. The van der Waals surface area contributed by atoms with Gasteiger partial charge in [-0.2, -0.15) is 0 Å². The molecule has 0 radical (unpaired) electrons. The lowest BCUT2D eigenvalue weighted by Crippen LogP contribution is -3.11. The first-order valence-corrected chi connectivity index (χ1v) is 8.18. The standard InChI is InChI=1S/C16H23ClN4O3/c1-3-8-18-14(22)9-19-15(23)10-21(2)11-16(24)20-13-6-4-12(17)5-7-13/h4-7H,3,8-11H2,1-2H3,(H,18,22)(H,19,23)(H,20,24)/p+1. The van der Waals surface area contributed by atoms with Gasteiger partial charge < -0.3 is 20.9 Å². The molecule has 3 amide bonds. The fourth-order valence-corrected chi connectivity index (χ4v) is 2.04. The molecule has 0 spiro atoms. The van der Waals surface area contributed by atoms with Crippen LogP contribution >= 0.6 is 11.6 Å². The number of hydrogen-bond donors (Lipinski definition) is 4. The summed E-state index contributed by atoms with van der Waals surface area (Å²) in [5.74, 6) is -0.704. The summed E-state index contributed by atoms with van der Waals surface area (Å²) in [4.78, 5) is 35.8. The largest absolute Gasteiger partial charge is 0.355 e. The molecule has 0 heterocycles. The lowest BCUT2D eigenvalue weighted by atomic mass is 10.3. The summed E-state index contributed by atoms with van der Waals surface area (Å²) in [6.45, 7) is 2.73. The summed E-state index contributed by atoms with van der Waals surface area (Å²) < 4.78 is 0. The van der Waals surface area contributed by atoms with Crippen LogP contribution in [0.5, 0.6) is 0 Å². The van der Waals surface area contributed by atoms with Gasteiger partial charge in [-0.25, -0.2) is 0 Å². The van der Waals surface area contributed by atoms with Crippen LogP contribution in [0.15, 0.2) is 24.3 Å². The monoisotopic (exact) mass is 355 g/mol. The van der Waals surface area contributed by atoms with Gasteiger partial charge in [-0.3, -0.25) is 14.4 Å². The summed E-state index contributed by atoms with van der Waals surface area (Å²) >= 11 is 5.78. The van der Waals surface area contributed by atoms with Gasteiger partial charge in [0.05, 0.1) is 13.6 Å². The van der Waals surface area contributed by atoms with Crippen molar-refractivity contribution < 1.29 is 19.3 Å². The minimum atomic E-state index is -0.279. The zero-order valence-electron chi connectivity index (χ0n) is 13.9. The molecule has 1 unspecified atom stereocenters. The van der Waals surface area contributed by atoms with E-state index in [4.69, 9.17) is 11.6 Å². The Labute approximate surface area is 146 Å². The van der Waals surface area contributed by atoms with Gasteiger partial charge >= 0.3 is 0 Å². The highest BCUT2D eigenvalue weighted by Crippen LogP contribution is 2.12. The predicted molar refractivity (Wildman–Crippen MR) is 93.0 cm³/mol. The van der Waals surface area contributed by atoms with E-state index in [0.717, 1.165) is 6.42 Å². The molecule has 1 aromatic rings.